The van der Waals surface area contributed by atoms with Gasteiger partial charge in [0.15, 0.2) is 0 Å². The fourth-order valence-electron chi connectivity index (χ4n) is 3.44. The molecule has 30 heavy (non-hydrogen) atoms. The van der Waals surface area contributed by atoms with Gasteiger partial charge in [-0.1, -0.05) is 66.7 Å². The summed E-state index contributed by atoms with van der Waals surface area (Å²) in [7, 11) is 0. The molecule has 0 aliphatic rings. The Hall–Kier alpha value is -3.44. The number of rotatable bonds is 8. The first-order chi connectivity index (χ1) is 14.7. The van der Waals surface area contributed by atoms with Gasteiger partial charge >= 0.3 is 0 Å². The lowest BCUT2D eigenvalue weighted by atomic mass is 10.1. The lowest BCUT2D eigenvalue weighted by molar-refractivity contribution is -0.123. The molecular formula is C25H25N3O2. The molecule has 0 radical (unpaired) electrons. The van der Waals surface area contributed by atoms with Gasteiger partial charge in [-0.2, -0.15) is 0 Å². The van der Waals surface area contributed by atoms with Crippen LogP contribution in [0.15, 0.2) is 85.2 Å². The van der Waals surface area contributed by atoms with Crippen molar-refractivity contribution in [3.63, 3.8) is 0 Å². The summed E-state index contributed by atoms with van der Waals surface area (Å²) in [6.07, 6.45) is 1.72. The lowest BCUT2D eigenvalue weighted by Crippen LogP contribution is -2.30. The van der Waals surface area contributed by atoms with Gasteiger partial charge in [-0.3, -0.25) is 4.79 Å². The molecule has 0 bridgehead atoms. The van der Waals surface area contributed by atoms with Crippen molar-refractivity contribution in [3.05, 3.63) is 102 Å². The van der Waals surface area contributed by atoms with Crippen LogP contribution in [-0.2, 0) is 29.3 Å². The van der Waals surface area contributed by atoms with Crippen LogP contribution in [0.3, 0.4) is 0 Å². The van der Waals surface area contributed by atoms with Gasteiger partial charge in [0, 0.05) is 6.54 Å². The third-order valence-corrected chi connectivity index (χ3v) is 5.12. The smallest absolute Gasteiger partial charge is 0.243 e. The number of imidazole rings is 1. The van der Waals surface area contributed by atoms with Gasteiger partial charge in [0.25, 0.3) is 0 Å². The normalized spacial score (nSPS) is 12.0. The van der Waals surface area contributed by atoms with Crippen molar-refractivity contribution in [2.45, 2.75) is 32.7 Å². The van der Waals surface area contributed by atoms with Gasteiger partial charge in [-0.25, -0.2) is 4.98 Å². The standard InChI is InChI=1S/C25H25N3O2/c1-19(28-18-27-23-12-5-6-13-24(23)28)25(29)26-15-21-10-7-11-22(14-21)17-30-16-20-8-3-2-4-9-20/h2-14,18-19H,15-17H2,1H3,(H,26,29). The molecule has 3 aromatic carbocycles. The number of aromatic nitrogens is 2. The lowest BCUT2D eigenvalue weighted by Gasteiger charge is -2.15. The highest BCUT2D eigenvalue weighted by Crippen LogP contribution is 2.17. The van der Waals surface area contributed by atoms with Crippen molar-refractivity contribution < 1.29 is 9.53 Å². The molecule has 0 spiro atoms. The topological polar surface area (TPSA) is 56.1 Å². The average molecular weight is 399 g/mol. The van der Waals surface area contributed by atoms with E-state index in [1.165, 1.54) is 0 Å². The molecule has 1 amide bonds. The SMILES string of the molecule is CC(C(=O)NCc1cccc(COCc2ccccc2)c1)n1cnc2ccccc21. The summed E-state index contributed by atoms with van der Waals surface area (Å²) in [6.45, 7) is 3.48. The molecule has 0 fully saturated rings. The second-order valence-electron chi connectivity index (χ2n) is 7.33. The minimum absolute atomic E-state index is 0.0381. The Morgan fingerprint density at radius 2 is 1.63 bits per heavy atom. The molecule has 1 heterocycles. The molecular weight excluding hydrogens is 374 g/mol. The van der Waals surface area contributed by atoms with Gasteiger partial charge in [0.2, 0.25) is 5.91 Å². The fraction of sp³-hybridized carbons (Fsp3) is 0.200. The average Bonchev–Trinajstić information content (AvgIpc) is 3.22. The fourth-order valence-corrected chi connectivity index (χ4v) is 3.44. The number of para-hydroxylation sites is 2. The number of fused-ring (bicyclic) bond motifs is 1. The predicted molar refractivity (Wildman–Crippen MR) is 118 cm³/mol. The zero-order valence-corrected chi connectivity index (χ0v) is 17.0. The Bertz CT molecular complexity index is 1120. The van der Waals surface area contributed by atoms with Gasteiger partial charge in [-0.05, 0) is 35.7 Å². The number of hydrogen-bond acceptors (Lipinski definition) is 3. The molecule has 1 atom stereocenters. The third kappa shape index (κ3) is 4.75. The van der Waals surface area contributed by atoms with Crippen molar-refractivity contribution in [2.75, 3.05) is 0 Å². The van der Waals surface area contributed by atoms with Crippen molar-refractivity contribution in [2.24, 2.45) is 0 Å². The number of amides is 1. The summed E-state index contributed by atoms with van der Waals surface area (Å²) in [5.74, 6) is -0.0381. The zero-order chi connectivity index (χ0) is 20.8. The monoisotopic (exact) mass is 399 g/mol. The van der Waals surface area contributed by atoms with Crippen LogP contribution in [0.5, 0.6) is 0 Å². The number of benzene rings is 3. The Labute approximate surface area is 176 Å². The maximum atomic E-state index is 12.7. The summed E-state index contributed by atoms with van der Waals surface area (Å²) in [5.41, 5.74) is 5.14. The van der Waals surface area contributed by atoms with Crippen LogP contribution in [0.2, 0.25) is 0 Å². The number of hydrogen-bond donors (Lipinski definition) is 1. The van der Waals surface area contributed by atoms with Crippen LogP contribution in [0.1, 0.15) is 29.7 Å². The first kappa shape index (κ1) is 19.9. The molecule has 0 aliphatic heterocycles. The highest BCUT2D eigenvalue weighted by Gasteiger charge is 2.16. The number of nitrogens with one attached hydrogen (secondary N) is 1. The molecule has 0 saturated carbocycles. The maximum Gasteiger partial charge on any atom is 0.243 e. The molecule has 152 valence electrons. The van der Waals surface area contributed by atoms with E-state index in [0.717, 1.165) is 27.7 Å². The van der Waals surface area contributed by atoms with E-state index in [1.807, 2.05) is 72.2 Å². The van der Waals surface area contributed by atoms with E-state index in [0.29, 0.717) is 19.8 Å². The van der Waals surface area contributed by atoms with E-state index in [9.17, 15) is 4.79 Å². The molecule has 0 saturated heterocycles. The van der Waals surface area contributed by atoms with Crippen molar-refractivity contribution in [1.29, 1.82) is 0 Å². The van der Waals surface area contributed by atoms with Crippen LogP contribution < -0.4 is 5.32 Å². The summed E-state index contributed by atoms with van der Waals surface area (Å²) in [5, 5.41) is 3.03. The number of carbonyl (C=O) groups is 1. The van der Waals surface area contributed by atoms with E-state index in [1.54, 1.807) is 6.33 Å². The van der Waals surface area contributed by atoms with Crippen molar-refractivity contribution in [1.82, 2.24) is 14.9 Å². The summed E-state index contributed by atoms with van der Waals surface area (Å²) < 4.78 is 7.72. The van der Waals surface area contributed by atoms with Gasteiger partial charge in [0.1, 0.15) is 6.04 Å². The summed E-state index contributed by atoms with van der Waals surface area (Å²) in [4.78, 5) is 17.1. The van der Waals surface area contributed by atoms with Gasteiger partial charge in [-0.15, -0.1) is 0 Å². The minimum Gasteiger partial charge on any atom is -0.372 e. The van der Waals surface area contributed by atoms with Gasteiger partial charge < -0.3 is 14.6 Å². The highest BCUT2D eigenvalue weighted by molar-refractivity contribution is 5.83. The van der Waals surface area contributed by atoms with E-state index < -0.39 is 0 Å². The number of carbonyl (C=O) groups excluding carboxylic acids is 1. The quantitative estimate of drug-likeness (QED) is 0.470. The minimum atomic E-state index is -0.338. The second kappa shape index (κ2) is 9.37. The Kier molecular flexibility index (Phi) is 6.20. The van der Waals surface area contributed by atoms with Crippen LogP contribution in [0.25, 0.3) is 11.0 Å². The van der Waals surface area contributed by atoms with Gasteiger partial charge in [0.05, 0.1) is 30.6 Å². The Balaban J connectivity index is 1.32. The van der Waals surface area contributed by atoms with Crippen LogP contribution in [0.4, 0.5) is 0 Å². The molecule has 1 unspecified atom stereocenters. The zero-order valence-electron chi connectivity index (χ0n) is 17.0. The van der Waals surface area contributed by atoms with E-state index >= 15 is 0 Å². The van der Waals surface area contributed by atoms with Crippen LogP contribution in [0, 0.1) is 0 Å². The van der Waals surface area contributed by atoms with Crippen LogP contribution in [-0.4, -0.2) is 15.5 Å². The number of ether oxygens (including phenoxy) is 1. The summed E-state index contributed by atoms with van der Waals surface area (Å²) >= 11 is 0. The number of nitrogens with zero attached hydrogens (tertiary/aromatic N) is 2. The molecule has 1 aromatic heterocycles. The molecule has 1 N–H and O–H groups in total. The Morgan fingerprint density at radius 3 is 2.50 bits per heavy atom. The van der Waals surface area contributed by atoms with E-state index in [-0.39, 0.29) is 11.9 Å². The molecule has 5 nitrogen and oxygen atoms in total. The highest BCUT2D eigenvalue weighted by atomic mass is 16.5. The van der Waals surface area contributed by atoms with E-state index in [2.05, 4.69) is 28.5 Å². The molecule has 0 aliphatic carbocycles. The third-order valence-electron chi connectivity index (χ3n) is 5.12. The molecule has 4 rings (SSSR count). The van der Waals surface area contributed by atoms with Crippen molar-refractivity contribution in [3.8, 4) is 0 Å². The maximum absolute atomic E-state index is 12.7. The molecule has 4 aromatic rings. The first-order valence-electron chi connectivity index (χ1n) is 10.1. The first-order valence-corrected chi connectivity index (χ1v) is 10.1. The van der Waals surface area contributed by atoms with Crippen LogP contribution >= 0.6 is 0 Å². The molecule has 5 heteroatoms. The summed E-state index contributed by atoms with van der Waals surface area (Å²) in [6, 6.07) is 25.7. The predicted octanol–water partition coefficient (Wildman–Crippen LogP) is 4.63. The van der Waals surface area contributed by atoms with E-state index in [4.69, 9.17) is 4.74 Å². The van der Waals surface area contributed by atoms with Crippen molar-refractivity contribution >= 4 is 16.9 Å². The Morgan fingerprint density at radius 1 is 0.933 bits per heavy atom. The largest absolute Gasteiger partial charge is 0.372 e. The second-order valence-corrected chi connectivity index (χ2v) is 7.33.